The lowest BCUT2D eigenvalue weighted by Gasteiger charge is -2.20. The lowest BCUT2D eigenvalue weighted by molar-refractivity contribution is 0.562. The van der Waals surface area contributed by atoms with E-state index in [0.29, 0.717) is 17.0 Å². The Kier molecular flexibility index (Phi) is 5.18. The summed E-state index contributed by atoms with van der Waals surface area (Å²) in [6.07, 6.45) is 3.13. The summed E-state index contributed by atoms with van der Waals surface area (Å²) in [5.41, 5.74) is 14.4. The number of amidine groups is 1. The number of nitrogens with two attached hydrogens (primary N) is 1. The number of nitrogens with zero attached hydrogens (tertiary/aromatic N) is 7. The van der Waals surface area contributed by atoms with E-state index in [2.05, 4.69) is 67.9 Å². The quantitative estimate of drug-likeness (QED) is 0.226. The molecule has 150 valence electrons. The number of aliphatic imine (C=N–C) groups is 1. The molecular weight excluding hydrogens is 370 g/mol. The van der Waals surface area contributed by atoms with Crippen LogP contribution >= 0.6 is 0 Å². The zero-order valence-electron chi connectivity index (χ0n) is 16.9. The number of hydrogen-bond donors (Lipinski definition) is 4. The number of nitrogens with one attached hydrogen (secondary N) is 3. The molecule has 0 bridgehead atoms. The van der Waals surface area contributed by atoms with Crippen LogP contribution in [0, 0.1) is 18.3 Å². The molecule has 0 fully saturated rings. The molecule has 0 unspecified atom stereocenters. The zero-order chi connectivity index (χ0) is 21.2. The summed E-state index contributed by atoms with van der Waals surface area (Å²) in [5.74, 6) is 1.11. The summed E-state index contributed by atoms with van der Waals surface area (Å²) in [4.78, 5) is 12.5. The van der Waals surface area contributed by atoms with Gasteiger partial charge in [0.15, 0.2) is 5.84 Å². The van der Waals surface area contributed by atoms with Gasteiger partial charge in [-0.2, -0.15) is 10.3 Å². The smallest absolute Gasteiger partial charge is 0.251 e. The van der Waals surface area contributed by atoms with Crippen LogP contribution in [0.3, 0.4) is 0 Å². The lowest BCUT2D eigenvalue weighted by atomic mass is 9.91. The highest BCUT2D eigenvalue weighted by Crippen LogP contribution is 2.31. The minimum absolute atomic E-state index is 0.173. The van der Waals surface area contributed by atoms with Crippen LogP contribution in [0.25, 0.3) is 5.65 Å². The van der Waals surface area contributed by atoms with Crippen LogP contribution in [0.1, 0.15) is 39.2 Å². The van der Waals surface area contributed by atoms with Crippen molar-refractivity contribution in [1.82, 2.24) is 35.2 Å². The first-order valence-corrected chi connectivity index (χ1v) is 8.91. The standard InChI is InChI=1S/C18H23N11/c1-10(20)12(9-19)15(23-17-21-7-6-8-22-17)26-25-13-14(18(3,4)5)28-29-11(2)24-27-16(13)29/h6-8,25,28H,20H2,1-5H3,(H,21,22,23,26). The van der Waals surface area contributed by atoms with E-state index < -0.39 is 0 Å². The Balaban J connectivity index is 2.04. The number of allylic oxidation sites excluding steroid dienone is 1. The highest BCUT2D eigenvalue weighted by molar-refractivity contribution is 6.04. The number of aromatic amines is 1. The van der Waals surface area contributed by atoms with Gasteiger partial charge in [0.1, 0.15) is 23.2 Å². The Morgan fingerprint density at radius 1 is 1.28 bits per heavy atom. The van der Waals surface area contributed by atoms with Gasteiger partial charge in [-0.1, -0.05) is 20.8 Å². The molecule has 0 amide bonds. The summed E-state index contributed by atoms with van der Waals surface area (Å²) in [6, 6.07) is 3.74. The minimum Gasteiger partial charge on any atom is -0.401 e. The second-order valence-corrected chi connectivity index (χ2v) is 7.45. The molecule has 0 aliphatic heterocycles. The van der Waals surface area contributed by atoms with Crippen molar-refractivity contribution in [2.75, 3.05) is 5.43 Å². The Morgan fingerprint density at radius 3 is 2.55 bits per heavy atom. The number of nitriles is 1. The first-order chi connectivity index (χ1) is 13.7. The molecule has 0 spiro atoms. The van der Waals surface area contributed by atoms with Gasteiger partial charge in [0.25, 0.3) is 5.95 Å². The molecule has 0 aliphatic rings. The van der Waals surface area contributed by atoms with Crippen LogP contribution in [0.2, 0.25) is 0 Å². The largest absolute Gasteiger partial charge is 0.401 e. The molecule has 0 saturated heterocycles. The van der Waals surface area contributed by atoms with Crippen molar-refractivity contribution in [1.29, 1.82) is 5.26 Å². The number of fused-ring (bicyclic) bond motifs is 1. The van der Waals surface area contributed by atoms with Gasteiger partial charge in [0.05, 0.1) is 5.69 Å². The van der Waals surface area contributed by atoms with Crippen molar-refractivity contribution < 1.29 is 0 Å². The van der Waals surface area contributed by atoms with Gasteiger partial charge in [0, 0.05) is 23.5 Å². The van der Waals surface area contributed by atoms with Crippen LogP contribution < -0.4 is 16.6 Å². The van der Waals surface area contributed by atoms with Crippen LogP contribution in [0.5, 0.6) is 0 Å². The van der Waals surface area contributed by atoms with E-state index in [1.807, 2.05) is 6.92 Å². The number of hydrogen-bond acceptors (Lipinski definition) is 8. The monoisotopic (exact) mass is 393 g/mol. The zero-order valence-corrected chi connectivity index (χ0v) is 16.9. The van der Waals surface area contributed by atoms with Crippen molar-refractivity contribution in [2.45, 2.75) is 40.0 Å². The fraction of sp³-hybridized carbons (Fsp3) is 0.333. The maximum atomic E-state index is 9.55. The van der Waals surface area contributed by atoms with Gasteiger partial charge in [-0.05, 0) is 19.9 Å². The van der Waals surface area contributed by atoms with E-state index in [1.54, 1.807) is 29.9 Å². The third-order valence-corrected chi connectivity index (χ3v) is 4.08. The molecule has 29 heavy (non-hydrogen) atoms. The van der Waals surface area contributed by atoms with E-state index >= 15 is 0 Å². The van der Waals surface area contributed by atoms with Crippen molar-refractivity contribution in [3.63, 3.8) is 0 Å². The third-order valence-electron chi connectivity index (χ3n) is 4.08. The van der Waals surface area contributed by atoms with Gasteiger partial charge < -0.3 is 5.73 Å². The predicted octanol–water partition coefficient (Wildman–Crippen LogP) is 1.86. The molecule has 0 aliphatic carbocycles. The topological polar surface area (TPSA) is 158 Å². The third kappa shape index (κ3) is 4.01. The maximum Gasteiger partial charge on any atom is 0.251 e. The molecule has 0 radical (unpaired) electrons. The lowest BCUT2D eigenvalue weighted by Crippen LogP contribution is -2.33. The second-order valence-electron chi connectivity index (χ2n) is 7.45. The summed E-state index contributed by atoms with van der Waals surface area (Å²) in [6.45, 7) is 9.70. The van der Waals surface area contributed by atoms with Crippen LogP contribution in [0.4, 0.5) is 11.6 Å². The normalized spacial score (nSPS) is 13.2. The molecule has 5 N–H and O–H groups in total. The van der Waals surface area contributed by atoms with Gasteiger partial charge >= 0.3 is 0 Å². The van der Waals surface area contributed by atoms with Crippen LogP contribution in [-0.2, 0) is 5.41 Å². The molecule has 3 rings (SSSR count). The van der Waals surface area contributed by atoms with E-state index in [-0.39, 0.29) is 22.8 Å². The molecular formula is C18H23N11. The molecule has 11 nitrogen and oxygen atoms in total. The second kappa shape index (κ2) is 7.59. The molecule has 11 heteroatoms. The first kappa shape index (κ1) is 19.8. The predicted molar refractivity (Wildman–Crippen MR) is 109 cm³/mol. The van der Waals surface area contributed by atoms with Crippen LogP contribution in [0.15, 0.2) is 34.7 Å². The summed E-state index contributed by atoms with van der Waals surface area (Å²) < 4.78 is 1.79. The van der Waals surface area contributed by atoms with Gasteiger partial charge in [-0.15, -0.1) is 10.2 Å². The number of rotatable bonds is 4. The maximum absolute atomic E-state index is 9.55. The van der Waals surface area contributed by atoms with Crippen molar-refractivity contribution in [2.24, 2.45) is 10.7 Å². The molecule has 3 aromatic heterocycles. The highest BCUT2D eigenvalue weighted by atomic mass is 15.4. The van der Waals surface area contributed by atoms with E-state index in [1.165, 1.54) is 0 Å². The van der Waals surface area contributed by atoms with E-state index in [0.717, 1.165) is 11.5 Å². The van der Waals surface area contributed by atoms with Crippen molar-refractivity contribution in [3.8, 4) is 6.07 Å². The van der Waals surface area contributed by atoms with Gasteiger partial charge in [-0.3, -0.25) is 16.0 Å². The fourth-order valence-corrected chi connectivity index (χ4v) is 2.64. The number of aromatic nitrogens is 6. The number of anilines is 1. The summed E-state index contributed by atoms with van der Waals surface area (Å²) >= 11 is 0. The Bertz CT molecular complexity index is 1120. The average molecular weight is 393 g/mol. The van der Waals surface area contributed by atoms with Gasteiger partial charge in [-0.25, -0.2) is 14.5 Å². The molecule has 3 heterocycles. The first-order valence-electron chi connectivity index (χ1n) is 8.91. The summed E-state index contributed by atoms with van der Waals surface area (Å²) in [7, 11) is 0. The van der Waals surface area contributed by atoms with Crippen LogP contribution in [-0.4, -0.2) is 35.6 Å². The van der Waals surface area contributed by atoms with E-state index in [4.69, 9.17) is 5.73 Å². The Labute approximate surface area is 167 Å². The summed E-state index contributed by atoms with van der Waals surface area (Å²) in [5, 5.41) is 21.2. The minimum atomic E-state index is -0.214. The number of H-pyrrole nitrogens is 1. The van der Waals surface area contributed by atoms with Gasteiger partial charge in [0.2, 0.25) is 5.65 Å². The molecule has 3 aromatic rings. The molecule has 0 saturated carbocycles. The van der Waals surface area contributed by atoms with Crippen molar-refractivity contribution in [3.05, 3.63) is 41.2 Å². The van der Waals surface area contributed by atoms with Crippen molar-refractivity contribution >= 4 is 23.1 Å². The molecule has 0 aromatic carbocycles. The SMILES string of the molecule is CC(N)=C(C#N)C(=Nc1ncccn1)NNc1c(C(C)(C)C)[nH]n2c(C)nnc12. The highest BCUT2D eigenvalue weighted by Gasteiger charge is 2.25. The van der Waals surface area contributed by atoms with E-state index in [9.17, 15) is 5.26 Å². The molecule has 0 atom stereocenters. The number of hydrazine groups is 1. The number of aryl methyl sites for hydroxylation is 1. The Hall–Kier alpha value is -3.94. The Morgan fingerprint density at radius 2 is 1.97 bits per heavy atom. The average Bonchev–Trinajstić information content (AvgIpc) is 3.20. The fourth-order valence-electron chi connectivity index (χ4n) is 2.64.